The molecule has 0 aliphatic carbocycles. The van der Waals surface area contributed by atoms with Crippen LogP contribution in [0.1, 0.15) is 18.4 Å². The zero-order valence-corrected chi connectivity index (χ0v) is 19.7. The van der Waals surface area contributed by atoms with Crippen molar-refractivity contribution in [2.24, 2.45) is 0 Å². The average molecular weight is 503 g/mol. The minimum Gasteiger partial charge on any atom is -0.359 e. The number of amides is 2. The van der Waals surface area contributed by atoms with Crippen LogP contribution in [0.2, 0.25) is 5.02 Å². The Morgan fingerprint density at radius 1 is 1.12 bits per heavy atom. The van der Waals surface area contributed by atoms with Gasteiger partial charge in [-0.3, -0.25) is 14.3 Å². The summed E-state index contributed by atoms with van der Waals surface area (Å²) in [5.41, 5.74) is 2.33. The molecular weight excluding hydrogens is 484 g/mol. The molecule has 170 valence electrons. The van der Waals surface area contributed by atoms with E-state index in [1.165, 1.54) is 41.8 Å². The third-order valence-corrected chi connectivity index (χ3v) is 8.16. The zero-order chi connectivity index (χ0) is 23.2. The van der Waals surface area contributed by atoms with Crippen molar-refractivity contribution >= 4 is 61.3 Å². The number of aromatic nitrogens is 1. The fourth-order valence-corrected chi connectivity index (χ4v) is 6.25. The molecule has 0 radical (unpaired) electrons. The van der Waals surface area contributed by atoms with Gasteiger partial charge < -0.3 is 4.90 Å². The lowest BCUT2D eigenvalue weighted by Gasteiger charge is -2.35. The summed E-state index contributed by atoms with van der Waals surface area (Å²) in [7, 11) is -3.82. The van der Waals surface area contributed by atoms with E-state index < -0.39 is 16.1 Å². The van der Waals surface area contributed by atoms with Crippen LogP contribution in [0.3, 0.4) is 0 Å². The minimum absolute atomic E-state index is 0.0129. The lowest BCUT2D eigenvalue weighted by molar-refractivity contribution is -0.121. The van der Waals surface area contributed by atoms with E-state index in [2.05, 4.69) is 9.71 Å². The zero-order valence-electron chi connectivity index (χ0n) is 17.3. The van der Waals surface area contributed by atoms with Gasteiger partial charge in [0.15, 0.2) is 5.13 Å². The van der Waals surface area contributed by atoms with Crippen molar-refractivity contribution in [2.45, 2.75) is 30.2 Å². The molecule has 2 aliphatic rings. The van der Waals surface area contributed by atoms with Gasteiger partial charge in [-0.15, -0.1) is 11.3 Å². The number of aryl methyl sites for hydroxylation is 1. The third-order valence-electron chi connectivity index (χ3n) is 5.75. The lowest BCUT2D eigenvalue weighted by Crippen LogP contribution is -2.44. The van der Waals surface area contributed by atoms with Crippen molar-refractivity contribution < 1.29 is 18.0 Å². The predicted molar refractivity (Wildman–Crippen MR) is 127 cm³/mol. The number of carbonyl (C=O) groups excluding carboxylic acids is 2. The highest BCUT2D eigenvalue weighted by Gasteiger charge is 2.43. The van der Waals surface area contributed by atoms with Gasteiger partial charge in [-0.25, -0.2) is 18.3 Å². The SMILES string of the molecule is O=C1C[C@@H](N2CCCc3cc(Cl)ccc32)C(=O)N1c1ccc(S(=O)(=O)Nc2nccs2)cc1. The largest absolute Gasteiger partial charge is 0.359 e. The molecule has 0 spiro atoms. The maximum Gasteiger partial charge on any atom is 0.263 e. The van der Waals surface area contributed by atoms with E-state index in [9.17, 15) is 18.0 Å². The van der Waals surface area contributed by atoms with Crippen LogP contribution in [-0.4, -0.2) is 37.8 Å². The highest BCUT2D eigenvalue weighted by atomic mass is 35.5. The number of halogens is 1. The fraction of sp³-hybridized carbons (Fsp3) is 0.227. The van der Waals surface area contributed by atoms with Crippen molar-refractivity contribution in [1.82, 2.24) is 4.98 Å². The molecule has 1 N–H and O–H groups in total. The van der Waals surface area contributed by atoms with E-state index in [0.29, 0.717) is 17.3 Å². The number of fused-ring (bicyclic) bond motifs is 1. The van der Waals surface area contributed by atoms with Crippen molar-refractivity contribution in [1.29, 1.82) is 0 Å². The van der Waals surface area contributed by atoms with Crippen molar-refractivity contribution in [2.75, 3.05) is 21.1 Å². The van der Waals surface area contributed by atoms with Gasteiger partial charge >= 0.3 is 0 Å². The summed E-state index contributed by atoms with van der Waals surface area (Å²) in [4.78, 5) is 33.2. The number of anilines is 3. The standard InChI is InChI=1S/C22H19ClN4O4S2/c23-15-3-8-18-14(12-15)2-1-10-26(18)19-13-20(28)27(21(19)29)16-4-6-17(7-5-16)33(30,31)25-22-24-9-11-32-22/h3-9,11-12,19H,1-2,10,13H2,(H,24,25)/t19-/m1/s1. The van der Waals surface area contributed by atoms with Crippen LogP contribution >= 0.6 is 22.9 Å². The van der Waals surface area contributed by atoms with Crippen LogP contribution < -0.4 is 14.5 Å². The Labute approximate surface area is 199 Å². The van der Waals surface area contributed by atoms with Crippen LogP contribution in [0.5, 0.6) is 0 Å². The smallest absolute Gasteiger partial charge is 0.263 e. The fourth-order valence-electron chi connectivity index (χ4n) is 4.27. The van der Waals surface area contributed by atoms with E-state index in [4.69, 9.17) is 11.6 Å². The first kappa shape index (κ1) is 21.9. The molecule has 0 unspecified atom stereocenters. The highest BCUT2D eigenvalue weighted by Crippen LogP contribution is 2.35. The Balaban J connectivity index is 1.38. The second kappa shape index (κ2) is 8.44. The second-order valence-corrected chi connectivity index (χ2v) is 10.8. The molecule has 1 aromatic heterocycles. The second-order valence-electron chi connectivity index (χ2n) is 7.79. The first-order chi connectivity index (χ1) is 15.8. The number of hydrogen-bond acceptors (Lipinski definition) is 7. The van der Waals surface area contributed by atoms with Crippen LogP contribution in [-0.2, 0) is 26.0 Å². The molecule has 2 aliphatic heterocycles. The van der Waals surface area contributed by atoms with Crippen LogP contribution in [0, 0.1) is 0 Å². The van der Waals surface area contributed by atoms with Crippen molar-refractivity contribution in [3.8, 4) is 0 Å². The first-order valence-electron chi connectivity index (χ1n) is 10.3. The maximum absolute atomic E-state index is 13.3. The number of carbonyl (C=O) groups is 2. The van der Waals surface area contributed by atoms with Gasteiger partial charge in [0.25, 0.3) is 15.9 Å². The lowest BCUT2D eigenvalue weighted by atomic mass is 9.99. The number of thiazole rings is 1. The van der Waals surface area contributed by atoms with Gasteiger partial charge in [0.05, 0.1) is 17.0 Å². The predicted octanol–water partition coefficient (Wildman–Crippen LogP) is 3.68. The number of benzene rings is 2. The molecule has 3 aromatic rings. The third kappa shape index (κ3) is 4.09. The van der Waals surface area contributed by atoms with E-state index in [0.717, 1.165) is 29.0 Å². The van der Waals surface area contributed by atoms with Gasteiger partial charge in [0, 0.05) is 28.8 Å². The van der Waals surface area contributed by atoms with Gasteiger partial charge in [0.1, 0.15) is 6.04 Å². The van der Waals surface area contributed by atoms with Crippen LogP contribution in [0.4, 0.5) is 16.5 Å². The summed E-state index contributed by atoms with van der Waals surface area (Å²) >= 11 is 7.29. The molecular formula is C22H19ClN4O4S2. The summed E-state index contributed by atoms with van der Waals surface area (Å²) < 4.78 is 27.5. The molecule has 2 aromatic carbocycles. The summed E-state index contributed by atoms with van der Waals surface area (Å²) in [6.45, 7) is 0.672. The Morgan fingerprint density at radius 3 is 2.64 bits per heavy atom. The highest BCUT2D eigenvalue weighted by molar-refractivity contribution is 7.93. The molecule has 11 heteroatoms. The van der Waals surface area contributed by atoms with Crippen LogP contribution in [0.25, 0.3) is 0 Å². The first-order valence-corrected chi connectivity index (χ1v) is 13.0. The number of hydrogen-bond donors (Lipinski definition) is 1. The van der Waals surface area contributed by atoms with E-state index >= 15 is 0 Å². The van der Waals surface area contributed by atoms with Gasteiger partial charge in [-0.05, 0) is 60.9 Å². The Hall–Kier alpha value is -2.95. The monoisotopic (exact) mass is 502 g/mol. The topological polar surface area (TPSA) is 99.7 Å². The van der Waals surface area contributed by atoms with Gasteiger partial charge in [0.2, 0.25) is 5.91 Å². The Kier molecular flexibility index (Phi) is 5.59. The molecule has 8 nitrogen and oxygen atoms in total. The molecule has 1 saturated heterocycles. The van der Waals surface area contributed by atoms with E-state index in [1.807, 2.05) is 17.0 Å². The van der Waals surface area contributed by atoms with E-state index in [-0.39, 0.29) is 28.3 Å². The molecule has 5 rings (SSSR count). The molecule has 0 saturated carbocycles. The molecule has 33 heavy (non-hydrogen) atoms. The van der Waals surface area contributed by atoms with Gasteiger partial charge in [-0.2, -0.15) is 0 Å². The van der Waals surface area contributed by atoms with Crippen molar-refractivity contribution in [3.05, 3.63) is 64.6 Å². The number of rotatable bonds is 5. The summed E-state index contributed by atoms with van der Waals surface area (Å²) in [6, 6.07) is 10.7. The minimum atomic E-state index is -3.82. The maximum atomic E-state index is 13.3. The summed E-state index contributed by atoms with van der Waals surface area (Å²) in [6.07, 6.45) is 3.30. The molecule has 0 bridgehead atoms. The van der Waals surface area contributed by atoms with Crippen LogP contribution in [0.15, 0.2) is 58.9 Å². The number of nitrogens with zero attached hydrogens (tertiary/aromatic N) is 3. The summed E-state index contributed by atoms with van der Waals surface area (Å²) in [5, 5.41) is 2.57. The van der Waals surface area contributed by atoms with Crippen molar-refractivity contribution in [3.63, 3.8) is 0 Å². The van der Waals surface area contributed by atoms with E-state index in [1.54, 1.807) is 11.4 Å². The molecule has 3 heterocycles. The molecule has 1 atom stereocenters. The molecule has 2 amide bonds. The Morgan fingerprint density at radius 2 is 1.91 bits per heavy atom. The number of nitrogens with one attached hydrogen (secondary N) is 1. The Bertz CT molecular complexity index is 1330. The molecule has 1 fully saturated rings. The van der Waals surface area contributed by atoms with Gasteiger partial charge in [-0.1, -0.05) is 11.6 Å². The average Bonchev–Trinajstić information content (AvgIpc) is 3.40. The normalized spacial score (nSPS) is 18.5. The summed E-state index contributed by atoms with van der Waals surface area (Å²) in [5.74, 6) is -0.637. The number of sulfonamides is 1. The quantitative estimate of drug-likeness (QED) is 0.534. The number of imide groups is 1.